The summed E-state index contributed by atoms with van der Waals surface area (Å²) in [6.45, 7) is 5.28. The Morgan fingerprint density at radius 2 is 2.10 bits per heavy atom. The molecule has 1 aromatic rings. The molecule has 2 aliphatic carbocycles. The normalized spacial score (nSPS) is 26.0. The number of hydrogen-bond acceptors (Lipinski definition) is 3. The molecule has 116 valence electrons. The Morgan fingerprint density at radius 3 is 2.71 bits per heavy atom. The standard InChI is InChI=1S/C17H24FNO2/c1-3-20-14-10-12(18)6-7-13(14)19-15-11-16(21-4-2)17(15)8-5-9-17/h6-7,10,15-16,19H,3-5,8-9,11H2,1-2H3. The van der Waals surface area contributed by atoms with Gasteiger partial charge in [-0.25, -0.2) is 4.39 Å². The molecule has 0 amide bonds. The molecule has 4 heteroatoms. The van der Waals surface area contributed by atoms with Crippen molar-refractivity contribution in [3.05, 3.63) is 24.0 Å². The fraction of sp³-hybridized carbons (Fsp3) is 0.647. The quantitative estimate of drug-likeness (QED) is 0.860. The molecule has 0 aromatic heterocycles. The monoisotopic (exact) mass is 293 g/mol. The van der Waals surface area contributed by atoms with Crippen LogP contribution in [0.15, 0.2) is 18.2 Å². The molecule has 3 nitrogen and oxygen atoms in total. The molecular weight excluding hydrogens is 269 g/mol. The fourth-order valence-electron chi connectivity index (χ4n) is 3.72. The third-order valence-electron chi connectivity index (χ3n) is 5.01. The number of benzene rings is 1. The van der Waals surface area contributed by atoms with Crippen LogP contribution in [-0.2, 0) is 4.74 Å². The topological polar surface area (TPSA) is 30.5 Å². The van der Waals surface area contributed by atoms with Gasteiger partial charge in [0, 0.05) is 24.1 Å². The first-order valence-electron chi connectivity index (χ1n) is 8.00. The lowest BCUT2D eigenvalue weighted by molar-refractivity contribution is -0.157. The Morgan fingerprint density at radius 1 is 1.29 bits per heavy atom. The second-order valence-corrected chi connectivity index (χ2v) is 6.04. The van der Waals surface area contributed by atoms with Crippen LogP contribution in [-0.4, -0.2) is 25.4 Å². The number of anilines is 1. The van der Waals surface area contributed by atoms with E-state index in [0.29, 0.717) is 24.5 Å². The van der Waals surface area contributed by atoms with Crippen molar-refractivity contribution < 1.29 is 13.9 Å². The Bertz CT molecular complexity index is 502. The highest BCUT2D eigenvalue weighted by Crippen LogP contribution is 2.58. The second-order valence-electron chi connectivity index (χ2n) is 6.04. The molecule has 2 aliphatic rings. The van der Waals surface area contributed by atoms with Crippen molar-refractivity contribution in [1.29, 1.82) is 0 Å². The molecular formula is C17H24FNO2. The summed E-state index contributed by atoms with van der Waals surface area (Å²) >= 11 is 0. The van der Waals surface area contributed by atoms with Crippen LogP contribution in [0.3, 0.4) is 0 Å². The van der Waals surface area contributed by atoms with Crippen molar-refractivity contribution >= 4 is 5.69 Å². The van der Waals surface area contributed by atoms with Crippen molar-refractivity contribution in [2.75, 3.05) is 18.5 Å². The van der Waals surface area contributed by atoms with Gasteiger partial charge in [0.2, 0.25) is 0 Å². The average Bonchev–Trinajstić information content (AvgIpc) is 2.38. The minimum atomic E-state index is -0.261. The first kappa shape index (κ1) is 14.6. The SMILES string of the molecule is CCOc1cc(F)ccc1NC1CC(OCC)C12CCC2. The van der Waals surface area contributed by atoms with Crippen molar-refractivity contribution in [2.24, 2.45) is 5.41 Å². The summed E-state index contributed by atoms with van der Waals surface area (Å²) in [6, 6.07) is 5.13. The number of ether oxygens (including phenoxy) is 2. The predicted molar refractivity (Wildman–Crippen MR) is 81.3 cm³/mol. The summed E-state index contributed by atoms with van der Waals surface area (Å²) in [5, 5.41) is 3.57. The van der Waals surface area contributed by atoms with E-state index >= 15 is 0 Å². The van der Waals surface area contributed by atoms with E-state index in [0.717, 1.165) is 18.7 Å². The maximum absolute atomic E-state index is 13.4. The predicted octanol–water partition coefficient (Wildman–Crippen LogP) is 3.98. The van der Waals surface area contributed by atoms with E-state index in [1.54, 1.807) is 6.07 Å². The Kier molecular flexibility index (Phi) is 4.07. The van der Waals surface area contributed by atoms with E-state index < -0.39 is 0 Å². The van der Waals surface area contributed by atoms with Crippen molar-refractivity contribution in [3.63, 3.8) is 0 Å². The Balaban J connectivity index is 1.73. The van der Waals surface area contributed by atoms with Gasteiger partial charge in [-0.15, -0.1) is 0 Å². The third-order valence-corrected chi connectivity index (χ3v) is 5.01. The van der Waals surface area contributed by atoms with Gasteiger partial charge in [-0.3, -0.25) is 0 Å². The summed E-state index contributed by atoms with van der Waals surface area (Å²) in [5.41, 5.74) is 1.18. The van der Waals surface area contributed by atoms with Crippen LogP contribution in [0, 0.1) is 11.2 Å². The first-order chi connectivity index (χ1) is 10.2. The summed E-state index contributed by atoms with van der Waals surface area (Å²) in [4.78, 5) is 0. The molecule has 3 rings (SSSR count). The van der Waals surface area contributed by atoms with Crippen molar-refractivity contribution in [3.8, 4) is 5.75 Å². The average molecular weight is 293 g/mol. The van der Waals surface area contributed by atoms with Gasteiger partial charge >= 0.3 is 0 Å². The van der Waals surface area contributed by atoms with Crippen molar-refractivity contribution in [1.82, 2.24) is 0 Å². The van der Waals surface area contributed by atoms with Gasteiger partial charge in [0.1, 0.15) is 11.6 Å². The molecule has 1 spiro atoms. The molecule has 21 heavy (non-hydrogen) atoms. The number of nitrogens with one attached hydrogen (secondary N) is 1. The van der Waals surface area contributed by atoms with E-state index in [9.17, 15) is 4.39 Å². The molecule has 1 aromatic carbocycles. The molecule has 0 aliphatic heterocycles. The lowest BCUT2D eigenvalue weighted by Gasteiger charge is -2.61. The molecule has 0 saturated heterocycles. The van der Waals surface area contributed by atoms with Crippen LogP contribution in [0.25, 0.3) is 0 Å². The van der Waals surface area contributed by atoms with Crippen LogP contribution < -0.4 is 10.1 Å². The highest BCUT2D eigenvalue weighted by atomic mass is 19.1. The molecule has 1 N–H and O–H groups in total. The fourth-order valence-corrected chi connectivity index (χ4v) is 3.72. The molecule has 2 fully saturated rings. The molecule has 0 bridgehead atoms. The molecule has 0 radical (unpaired) electrons. The number of hydrogen-bond donors (Lipinski definition) is 1. The number of halogens is 1. The van der Waals surface area contributed by atoms with Crippen molar-refractivity contribution in [2.45, 2.75) is 51.7 Å². The van der Waals surface area contributed by atoms with E-state index in [-0.39, 0.29) is 11.2 Å². The zero-order valence-electron chi connectivity index (χ0n) is 12.8. The molecule has 0 heterocycles. The number of rotatable bonds is 6. The minimum absolute atomic E-state index is 0.261. The maximum Gasteiger partial charge on any atom is 0.145 e. The second kappa shape index (κ2) is 5.84. The lowest BCUT2D eigenvalue weighted by Crippen LogP contribution is -2.64. The summed E-state index contributed by atoms with van der Waals surface area (Å²) in [7, 11) is 0. The van der Waals surface area contributed by atoms with Gasteiger partial charge in [-0.2, -0.15) is 0 Å². The van der Waals surface area contributed by atoms with Gasteiger partial charge < -0.3 is 14.8 Å². The van der Waals surface area contributed by atoms with Gasteiger partial charge in [-0.05, 0) is 45.2 Å². The van der Waals surface area contributed by atoms with Crippen LogP contribution in [0.1, 0.15) is 39.5 Å². The van der Waals surface area contributed by atoms with Gasteiger partial charge in [0.15, 0.2) is 0 Å². The van der Waals surface area contributed by atoms with Crippen LogP contribution in [0.4, 0.5) is 10.1 Å². The van der Waals surface area contributed by atoms with Gasteiger partial charge in [0.25, 0.3) is 0 Å². The van der Waals surface area contributed by atoms with E-state index in [1.165, 1.54) is 31.4 Å². The molecule has 2 unspecified atom stereocenters. The van der Waals surface area contributed by atoms with Crippen LogP contribution in [0.2, 0.25) is 0 Å². The zero-order chi connectivity index (χ0) is 14.9. The first-order valence-corrected chi connectivity index (χ1v) is 8.00. The maximum atomic E-state index is 13.4. The Labute approximate surface area is 125 Å². The summed E-state index contributed by atoms with van der Waals surface area (Å²) in [6.07, 6.45) is 5.13. The molecule has 2 atom stereocenters. The zero-order valence-corrected chi connectivity index (χ0v) is 12.8. The molecule has 2 saturated carbocycles. The van der Waals surface area contributed by atoms with E-state index in [2.05, 4.69) is 12.2 Å². The highest BCUT2D eigenvalue weighted by Gasteiger charge is 2.59. The van der Waals surface area contributed by atoms with Crippen LogP contribution >= 0.6 is 0 Å². The van der Waals surface area contributed by atoms with E-state index in [4.69, 9.17) is 9.47 Å². The van der Waals surface area contributed by atoms with Gasteiger partial charge in [-0.1, -0.05) is 6.42 Å². The highest BCUT2D eigenvalue weighted by molar-refractivity contribution is 5.58. The largest absolute Gasteiger partial charge is 0.492 e. The van der Waals surface area contributed by atoms with Crippen LogP contribution in [0.5, 0.6) is 5.75 Å². The third kappa shape index (κ3) is 2.50. The van der Waals surface area contributed by atoms with E-state index in [1.807, 2.05) is 6.92 Å². The minimum Gasteiger partial charge on any atom is -0.492 e. The Hall–Kier alpha value is -1.29. The summed E-state index contributed by atoms with van der Waals surface area (Å²) in [5.74, 6) is 0.343. The van der Waals surface area contributed by atoms with Gasteiger partial charge in [0.05, 0.1) is 18.4 Å². The lowest BCUT2D eigenvalue weighted by atomic mass is 9.51. The summed E-state index contributed by atoms with van der Waals surface area (Å²) < 4.78 is 24.8. The smallest absolute Gasteiger partial charge is 0.145 e.